The van der Waals surface area contributed by atoms with E-state index in [0.717, 1.165) is 55.9 Å². The molecule has 0 atom stereocenters. The Morgan fingerprint density at radius 3 is 2.79 bits per heavy atom. The highest BCUT2D eigenvalue weighted by Crippen LogP contribution is 2.28. The van der Waals surface area contributed by atoms with E-state index < -0.39 is 0 Å². The summed E-state index contributed by atoms with van der Waals surface area (Å²) in [7, 11) is 0. The molecule has 4 rings (SSSR count). The first-order valence-electron chi connectivity index (χ1n) is 10.3. The van der Waals surface area contributed by atoms with Crippen molar-refractivity contribution in [2.45, 2.75) is 51.5 Å². The molecule has 1 aliphatic carbocycles. The monoisotopic (exact) mass is 380 g/mol. The van der Waals surface area contributed by atoms with E-state index in [4.69, 9.17) is 4.74 Å². The third-order valence-electron chi connectivity index (χ3n) is 5.71. The molecule has 1 aliphatic heterocycles. The Morgan fingerprint density at radius 1 is 1.18 bits per heavy atom. The quantitative estimate of drug-likeness (QED) is 0.864. The summed E-state index contributed by atoms with van der Waals surface area (Å²) in [6.45, 7) is 3.86. The van der Waals surface area contributed by atoms with Crippen molar-refractivity contribution in [2.75, 3.05) is 24.6 Å². The maximum absolute atomic E-state index is 12.3. The number of hydrogen-bond donors (Lipinski definition) is 1. The van der Waals surface area contributed by atoms with Crippen molar-refractivity contribution < 1.29 is 9.53 Å². The number of carbonyl (C=O) groups is 1. The summed E-state index contributed by atoms with van der Waals surface area (Å²) in [5.41, 5.74) is 3.60. The molecule has 0 unspecified atom stereocenters. The van der Waals surface area contributed by atoms with Gasteiger partial charge in [-0.1, -0.05) is 18.2 Å². The largest absolute Gasteiger partial charge is 0.484 e. The van der Waals surface area contributed by atoms with Crippen LogP contribution in [0.25, 0.3) is 0 Å². The van der Waals surface area contributed by atoms with Gasteiger partial charge in [-0.3, -0.25) is 4.79 Å². The number of para-hydroxylation sites is 1. The topological polar surface area (TPSA) is 67.3 Å². The fourth-order valence-corrected chi connectivity index (χ4v) is 4.14. The van der Waals surface area contributed by atoms with Gasteiger partial charge in [-0.2, -0.15) is 0 Å². The molecular formula is C22H28N4O2. The second-order valence-corrected chi connectivity index (χ2v) is 7.71. The molecule has 1 N–H and O–H groups in total. The van der Waals surface area contributed by atoms with Gasteiger partial charge in [0.05, 0.1) is 0 Å². The van der Waals surface area contributed by atoms with Crippen molar-refractivity contribution >= 4 is 11.7 Å². The van der Waals surface area contributed by atoms with Crippen LogP contribution in [0.1, 0.15) is 42.5 Å². The van der Waals surface area contributed by atoms with Crippen LogP contribution in [0.3, 0.4) is 0 Å². The zero-order valence-corrected chi connectivity index (χ0v) is 16.5. The minimum Gasteiger partial charge on any atom is -0.484 e. The highest BCUT2D eigenvalue weighted by Gasteiger charge is 2.25. The van der Waals surface area contributed by atoms with E-state index >= 15 is 0 Å². The van der Waals surface area contributed by atoms with Crippen LogP contribution in [0.2, 0.25) is 0 Å². The average molecular weight is 380 g/mol. The highest BCUT2D eigenvalue weighted by molar-refractivity contribution is 5.78. The second-order valence-electron chi connectivity index (χ2n) is 7.71. The summed E-state index contributed by atoms with van der Waals surface area (Å²) in [5.74, 6) is 1.82. The molecule has 1 fully saturated rings. The van der Waals surface area contributed by atoms with Gasteiger partial charge in [0, 0.05) is 30.4 Å². The molecule has 28 heavy (non-hydrogen) atoms. The third-order valence-corrected chi connectivity index (χ3v) is 5.71. The number of carbonyl (C=O) groups excluding carboxylic acids is 1. The highest BCUT2D eigenvalue weighted by atomic mass is 16.5. The van der Waals surface area contributed by atoms with Gasteiger partial charge in [0.1, 0.15) is 17.9 Å². The minimum absolute atomic E-state index is 0.0545. The predicted molar refractivity (Wildman–Crippen MR) is 109 cm³/mol. The van der Waals surface area contributed by atoms with Crippen molar-refractivity contribution in [2.24, 2.45) is 0 Å². The summed E-state index contributed by atoms with van der Waals surface area (Å²) >= 11 is 0. The normalized spacial score (nSPS) is 17.1. The van der Waals surface area contributed by atoms with Crippen molar-refractivity contribution in [1.82, 2.24) is 15.3 Å². The number of hydrogen-bond acceptors (Lipinski definition) is 5. The smallest absolute Gasteiger partial charge is 0.258 e. The number of benzene rings is 1. The van der Waals surface area contributed by atoms with Crippen LogP contribution < -0.4 is 15.0 Å². The van der Waals surface area contributed by atoms with Crippen LogP contribution in [0.4, 0.5) is 5.82 Å². The number of nitrogens with one attached hydrogen (secondary N) is 1. The fraction of sp³-hybridized carbons (Fsp3) is 0.500. The first kappa shape index (κ1) is 18.7. The van der Waals surface area contributed by atoms with E-state index in [1.54, 1.807) is 6.33 Å². The molecule has 2 aliphatic rings. The van der Waals surface area contributed by atoms with E-state index in [-0.39, 0.29) is 18.6 Å². The van der Waals surface area contributed by atoms with Crippen molar-refractivity contribution in [1.29, 1.82) is 0 Å². The number of aromatic nitrogens is 2. The van der Waals surface area contributed by atoms with Gasteiger partial charge in [0.15, 0.2) is 6.61 Å². The lowest BCUT2D eigenvalue weighted by Gasteiger charge is -2.35. The molecule has 6 heteroatoms. The van der Waals surface area contributed by atoms with Crippen LogP contribution in [0.15, 0.2) is 30.6 Å². The summed E-state index contributed by atoms with van der Waals surface area (Å²) in [6, 6.07) is 7.95. The first-order chi connectivity index (χ1) is 13.7. The lowest BCUT2D eigenvalue weighted by atomic mass is 9.95. The average Bonchev–Trinajstić information content (AvgIpc) is 2.73. The van der Waals surface area contributed by atoms with Crippen molar-refractivity contribution in [3.05, 3.63) is 47.4 Å². The summed E-state index contributed by atoms with van der Waals surface area (Å²) in [4.78, 5) is 23.7. The Morgan fingerprint density at radius 2 is 1.96 bits per heavy atom. The van der Waals surface area contributed by atoms with Gasteiger partial charge in [0.2, 0.25) is 0 Å². The summed E-state index contributed by atoms with van der Waals surface area (Å²) in [5, 5.41) is 3.12. The molecule has 0 radical (unpaired) electrons. The summed E-state index contributed by atoms with van der Waals surface area (Å²) < 4.78 is 5.65. The number of ether oxygens (including phenoxy) is 1. The molecule has 1 saturated heterocycles. The number of aryl methyl sites for hydroxylation is 2. The van der Waals surface area contributed by atoms with Gasteiger partial charge in [-0.05, 0) is 57.1 Å². The van der Waals surface area contributed by atoms with E-state index in [1.807, 2.05) is 31.2 Å². The van der Waals surface area contributed by atoms with E-state index in [1.165, 1.54) is 24.1 Å². The van der Waals surface area contributed by atoms with Crippen LogP contribution >= 0.6 is 0 Å². The SMILES string of the molecule is Cc1ccccc1OCC(=O)NC1CCN(c2ncnc3c2CCCC3)CC1. The first-order valence-corrected chi connectivity index (χ1v) is 10.3. The fourth-order valence-electron chi connectivity index (χ4n) is 4.14. The van der Waals surface area contributed by atoms with E-state index in [9.17, 15) is 4.79 Å². The molecular weight excluding hydrogens is 352 g/mol. The van der Waals surface area contributed by atoms with Gasteiger partial charge in [-0.25, -0.2) is 9.97 Å². The van der Waals surface area contributed by atoms with E-state index in [0.29, 0.717) is 0 Å². The Bertz CT molecular complexity index is 831. The number of nitrogens with zero attached hydrogens (tertiary/aromatic N) is 3. The Hall–Kier alpha value is -2.63. The van der Waals surface area contributed by atoms with E-state index in [2.05, 4.69) is 20.2 Å². The molecule has 1 aromatic heterocycles. The number of piperidine rings is 1. The molecule has 2 aromatic rings. The van der Waals surface area contributed by atoms with Crippen LogP contribution in [0.5, 0.6) is 5.75 Å². The molecule has 0 saturated carbocycles. The standard InChI is InChI=1S/C22H28N4O2/c1-16-6-2-5-9-20(16)28-14-21(27)25-17-10-12-26(13-11-17)22-18-7-3-4-8-19(18)23-15-24-22/h2,5-6,9,15,17H,3-4,7-8,10-14H2,1H3,(H,25,27). The molecule has 6 nitrogen and oxygen atoms in total. The van der Waals surface area contributed by atoms with Crippen molar-refractivity contribution in [3.8, 4) is 5.75 Å². The van der Waals surface area contributed by atoms with Gasteiger partial charge in [-0.15, -0.1) is 0 Å². The number of anilines is 1. The molecule has 0 bridgehead atoms. The number of rotatable bonds is 5. The Kier molecular flexibility index (Phi) is 5.74. The lowest BCUT2D eigenvalue weighted by Crippen LogP contribution is -2.46. The molecule has 1 aromatic carbocycles. The Balaban J connectivity index is 1.28. The minimum atomic E-state index is -0.0545. The predicted octanol–water partition coefficient (Wildman–Crippen LogP) is 2.83. The van der Waals surface area contributed by atoms with Gasteiger partial charge >= 0.3 is 0 Å². The molecule has 148 valence electrons. The Labute approximate surface area is 166 Å². The van der Waals surface area contributed by atoms with Crippen LogP contribution in [-0.2, 0) is 17.6 Å². The second kappa shape index (κ2) is 8.59. The van der Waals surface area contributed by atoms with Crippen LogP contribution in [-0.4, -0.2) is 41.6 Å². The molecule has 2 heterocycles. The van der Waals surface area contributed by atoms with Crippen LogP contribution in [0, 0.1) is 6.92 Å². The van der Waals surface area contributed by atoms with Gasteiger partial charge < -0.3 is 15.0 Å². The third kappa shape index (κ3) is 4.26. The van der Waals surface area contributed by atoms with Crippen molar-refractivity contribution in [3.63, 3.8) is 0 Å². The van der Waals surface area contributed by atoms with Gasteiger partial charge in [0.25, 0.3) is 5.91 Å². The zero-order chi connectivity index (χ0) is 19.3. The summed E-state index contributed by atoms with van der Waals surface area (Å²) in [6.07, 6.45) is 8.15. The number of amides is 1. The maximum atomic E-state index is 12.3. The molecule has 1 amide bonds. The zero-order valence-electron chi connectivity index (χ0n) is 16.5. The number of fused-ring (bicyclic) bond motifs is 1. The lowest BCUT2D eigenvalue weighted by molar-refractivity contribution is -0.123. The molecule has 0 spiro atoms. The maximum Gasteiger partial charge on any atom is 0.258 e.